The van der Waals surface area contributed by atoms with Crippen molar-refractivity contribution in [3.63, 3.8) is 0 Å². The Bertz CT molecular complexity index is 992. The quantitative estimate of drug-likeness (QED) is 0.271. The Morgan fingerprint density at radius 2 is 1.58 bits per heavy atom. The van der Waals surface area contributed by atoms with Crippen LogP contribution in [0.4, 0.5) is 0 Å². The third kappa shape index (κ3) is 4.24. The molecule has 3 aliphatic rings. The lowest BCUT2D eigenvalue weighted by atomic mass is 9.68. The number of ether oxygens (including phenoxy) is 2. The van der Waals surface area contributed by atoms with Crippen molar-refractivity contribution in [2.24, 2.45) is 16.7 Å². The largest absolute Gasteiger partial charge is 0.460 e. The second-order valence-electron chi connectivity index (χ2n) is 10.1. The summed E-state index contributed by atoms with van der Waals surface area (Å²) in [5.41, 5.74) is -0.784. The molecule has 0 amide bonds. The van der Waals surface area contributed by atoms with Gasteiger partial charge < -0.3 is 14.6 Å². The number of ketones is 1. The van der Waals surface area contributed by atoms with Crippen LogP contribution in [-0.4, -0.2) is 40.8 Å². The highest BCUT2D eigenvalue weighted by molar-refractivity contribution is 6.10. The predicted molar refractivity (Wildman–Crippen MR) is 129 cm³/mol. The van der Waals surface area contributed by atoms with E-state index in [2.05, 4.69) is 0 Å². The van der Waals surface area contributed by atoms with Crippen molar-refractivity contribution in [3.05, 3.63) is 71.9 Å². The summed E-state index contributed by atoms with van der Waals surface area (Å²) in [6, 6.07) is 0. The molecule has 0 aromatic carbocycles. The van der Waals surface area contributed by atoms with Crippen LogP contribution >= 0.6 is 0 Å². The summed E-state index contributed by atoms with van der Waals surface area (Å²) in [5, 5.41) is 10.7. The average molecular weight is 453 g/mol. The van der Waals surface area contributed by atoms with E-state index < -0.39 is 28.5 Å². The highest BCUT2D eigenvalue weighted by Crippen LogP contribution is 2.60. The van der Waals surface area contributed by atoms with Gasteiger partial charge >= 0.3 is 5.97 Å². The highest BCUT2D eigenvalue weighted by atomic mass is 16.6. The molecule has 2 aliphatic heterocycles. The monoisotopic (exact) mass is 452 g/mol. The maximum atomic E-state index is 12.6. The van der Waals surface area contributed by atoms with E-state index in [1.54, 1.807) is 13.8 Å². The Morgan fingerprint density at radius 3 is 2.18 bits per heavy atom. The molecule has 0 aromatic rings. The second-order valence-corrected chi connectivity index (χ2v) is 10.1. The lowest BCUT2D eigenvalue weighted by Gasteiger charge is -2.38. The van der Waals surface area contributed by atoms with Gasteiger partial charge in [-0.2, -0.15) is 0 Å². The molecule has 7 atom stereocenters. The van der Waals surface area contributed by atoms with Gasteiger partial charge in [-0.3, -0.25) is 9.59 Å². The fraction of sp³-hybridized carbons (Fsp3) is 0.500. The third-order valence-electron chi connectivity index (χ3n) is 7.59. The molecule has 5 heteroatoms. The van der Waals surface area contributed by atoms with Crippen molar-refractivity contribution in [1.82, 2.24) is 0 Å². The predicted octanol–water partition coefficient (Wildman–Crippen LogP) is 4.80. The average Bonchev–Trinajstić information content (AvgIpc) is 3.02. The number of allylic oxidation sites excluding steroid dienone is 8. The first-order valence-electron chi connectivity index (χ1n) is 11.5. The van der Waals surface area contributed by atoms with Crippen molar-refractivity contribution in [2.75, 3.05) is 0 Å². The van der Waals surface area contributed by atoms with E-state index >= 15 is 0 Å². The van der Waals surface area contributed by atoms with Crippen LogP contribution in [0.25, 0.3) is 0 Å². The topological polar surface area (TPSA) is 72.8 Å². The molecule has 2 bridgehead atoms. The zero-order valence-electron chi connectivity index (χ0n) is 20.7. The maximum Gasteiger partial charge on any atom is 0.320 e. The van der Waals surface area contributed by atoms with Crippen LogP contribution in [-0.2, 0) is 19.1 Å². The summed E-state index contributed by atoms with van der Waals surface area (Å²) in [6.07, 6.45) is 18.2. The van der Waals surface area contributed by atoms with Crippen molar-refractivity contribution >= 4 is 11.8 Å². The Morgan fingerprint density at radius 1 is 1.00 bits per heavy atom. The maximum absolute atomic E-state index is 12.6. The molecular formula is C28H36O5. The number of carbonyl (C=O) groups excluding carboxylic acids is 2. The molecule has 2 heterocycles. The van der Waals surface area contributed by atoms with E-state index in [4.69, 9.17) is 9.47 Å². The first-order chi connectivity index (χ1) is 15.4. The van der Waals surface area contributed by atoms with Crippen LogP contribution in [0.15, 0.2) is 71.9 Å². The second kappa shape index (κ2) is 9.03. The van der Waals surface area contributed by atoms with Gasteiger partial charge in [0.2, 0.25) is 0 Å². The van der Waals surface area contributed by atoms with Gasteiger partial charge in [-0.05, 0) is 51.8 Å². The summed E-state index contributed by atoms with van der Waals surface area (Å²) in [6.45, 7) is 13.1. The van der Waals surface area contributed by atoms with Gasteiger partial charge in [0.05, 0.1) is 12.0 Å². The molecule has 1 N–H and O–H groups in total. The van der Waals surface area contributed by atoms with Gasteiger partial charge in [0.25, 0.3) is 0 Å². The molecule has 0 radical (unpaired) electrons. The SMILES string of the molecule is CC1=C[C@@](C)(O)[C@@H](/C(C)=C/C=C/C=C/C=C/C=C/C2(C)C3OC(=O)C2(C)C(=O)C3C)O[C@H]1C. The molecule has 1 saturated heterocycles. The minimum atomic E-state index is -1.11. The van der Waals surface area contributed by atoms with Crippen molar-refractivity contribution in [1.29, 1.82) is 0 Å². The Labute approximate surface area is 197 Å². The third-order valence-corrected chi connectivity index (χ3v) is 7.59. The number of carbonyl (C=O) groups is 2. The first-order valence-corrected chi connectivity index (χ1v) is 11.5. The number of hydrogen-bond acceptors (Lipinski definition) is 5. The minimum absolute atomic E-state index is 0.0177. The fourth-order valence-corrected chi connectivity index (χ4v) is 5.24. The van der Waals surface area contributed by atoms with Gasteiger partial charge in [-0.15, -0.1) is 0 Å². The lowest BCUT2D eigenvalue weighted by molar-refractivity contribution is -0.161. The smallest absolute Gasteiger partial charge is 0.320 e. The van der Waals surface area contributed by atoms with E-state index in [-0.39, 0.29) is 23.9 Å². The fourth-order valence-electron chi connectivity index (χ4n) is 5.24. The van der Waals surface area contributed by atoms with Crippen molar-refractivity contribution in [2.45, 2.75) is 72.4 Å². The minimum Gasteiger partial charge on any atom is -0.460 e. The first kappa shape index (κ1) is 25.1. The van der Waals surface area contributed by atoms with Crippen LogP contribution in [0.3, 0.4) is 0 Å². The highest BCUT2D eigenvalue weighted by Gasteiger charge is 2.73. The number of hydrogen-bond donors (Lipinski definition) is 1. The molecule has 33 heavy (non-hydrogen) atoms. The number of rotatable bonds is 6. The lowest BCUT2D eigenvalue weighted by Crippen LogP contribution is -2.46. The zero-order chi connectivity index (χ0) is 24.6. The number of esters is 1. The van der Waals surface area contributed by atoms with Crippen LogP contribution in [0, 0.1) is 16.7 Å². The number of aliphatic hydroxyl groups is 1. The molecule has 0 spiro atoms. The van der Waals surface area contributed by atoms with Crippen LogP contribution in [0.5, 0.6) is 0 Å². The van der Waals surface area contributed by atoms with Gasteiger partial charge in [-0.25, -0.2) is 0 Å². The van der Waals surface area contributed by atoms with Crippen molar-refractivity contribution < 1.29 is 24.2 Å². The normalized spacial score (nSPS) is 41.8. The molecule has 4 unspecified atom stereocenters. The molecule has 1 saturated carbocycles. The zero-order valence-corrected chi connectivity index (χ0v) is 20.7. The molecule has 3 rings (SSSR count). The van der Waals surface area contributed by atoms with Crippen molar-refractivity contribution in [3.8, 4) is 0 Å². The summed E-state index contributed by atoms with van der Waals surface area (Å²) in [7, 11) is 0. The molecule has 5 nitrogen and oxygen atoms in total. The van der Waals surface area contributed by atoms with Gasteiger partial charge in [-0.1, -0.05) is 68.5 Å². The molecular weight excluding hydrogens is 416 g/mol. The summed E-state index contributed by atoms with van der Waals surface area (Å²) in [5.74, 6) is -0.728. The summed E-state index contributed by atoms with van der Waals surface area (Å²) in [4.78, 5) is 24.8. The van der Waals surface area contributed by atoms with Gasteiger partial charge in [0, 0.05) is 5.41 Å². The molecule has 1 aliphatic carbocycles. The molecule has 178 valence electrons. The van der Waals surface area contributed by atoms with E-state index in [1.165, 1.54) is 0 Å². The summed E-state index contributed by atoms with van der Waals surface area (Å²) >= 11 is 0. The molecule has 0 aromatic heterocycles. The number of fused-ring (bicyclic) bond motifs is 2. The van der Waals surface area contributed by atoms with E-state index in [9.17, 15) is 14.7 Å². The van der Waals surface area contributed by atoms with E-state index in [1.807, 2.05) is 95.4 Å². The standard InChI is InChI=1S/C28H36O5/c1-18(23-27(6,31)17-19(2)21(4)32-23)15-13-11-9-8-10-12-14-16-26(5)24-20(3)22(29)28(26,7)25(30)33-24/h8-17,20-21,23-24,31H,1-7H3/b9-8+,12-10+,13-11+,16-14+,18-15+/t20?,21-,23+,24?,26?,27+,28?/m0/s1. The Hall–Kier alpha value is -2.50. The summed E-state index contributed by atoms with van der Waals surface area (Å²) < 4.78 is 11.5. The van der Waals surface area contributed by atoms with E-state index in [0.717, 1.165) is 11.1 Å². The number of Topliss-reactive ketones (excluding diaryl/α,β-unsaturated/α-hetero) is 1. The van der Waals surface area contributed by atoms with Gasteiger partial charge in [0.15, 0.2) is 5.78 Å². The van der Waals surface area contributed by atoms with E-state index in [0.29, 0.717) is 0 Å². The van der Waals surface area contributed by atoms with Crippen LogP contribution < -0.4 is 0 Å². The van der Waals surface area contributed by atoms with Gasteiger partial charge in [0.1, 0.15) is 23.2 Å². The van der Waals surface area contributed by atoms with Crippen LogP contribution in [0.2, 0.25) is 0 Å². The molecule has 2 fully saturated rings. The van der Waals surface area contributed by atoms with Crippen LogP contribution in [0.1, 0.15) is 48.5 Å². The Balaban J connectivity index is 1.57. The Kier molecular flexibility index (Phi) is 6.88.